The van der Waals surface area contributed by atoms with Crippen molar-refractivity contribution < 1.29 is 22.7 Å². The number of unbranched alkanes of at least 4 members (excludes halogenated alkanes) is 1. The maximum atomic E-state index is 12.3. The number of anilines is 1. The Balaban J connectivity index is 2.67. The van der Waals surface area contributed by atoms with Crippen molar-refractivity contribution in [3.8, 4) is 11.5 Å². The van der Waals surface area contributed by atoms with Crippen LogP contribution in [0, 0.1) is 5.92 Å². The molecule has 1 aromatic rings. The number of sulfonamides is 1. The molecule has 1 aromatic carbocycles. The first-order valence-electron chi connectivity index (χ1n) is 10.2. The van der Waals surface area contributed by atoms with Crippen molar-refractivity contribution in [1.29, 1.82) is 0 Å². The molecule has 1 atom stereocenters. The average Bonchev–Trinajstić information content (AvgIpc) is 2.69. The second-order valence-corrected chi connectivity index (χ2v) is 9.11. The normalized spacial score (nSPS) is 12.3. The van der Waals surface area contributed by atoms with Crippen LogP contribution in [0.15, 0.2) is 18.2 Å². The summed E-state index contributed by atoms with van der Waals surface area (Å²) in [6.45, 7) is 5.20. The molecular weight excluding hydrogens is 392 g/mol. The number of nitrogens with zero attached hydrogens (tertiary/aromatic N) is 1. The lowest BCUT2D eigenvalue weighted by molar-refractivity contribution is -0.121. The average molecular weight is 429 g/mol. The van der Waals surface area contributed by atoms with Gasteiger partial charge in [0.15, 0.2) is 11.5 Å². The Kier molecular flexibility index (Phi) is 10.9. The molecule has 1 amide bonds. The molecule has 0 spiro atoms. The molecule has 0 saturated heterocycles. The Morgan fingerprint density at radius 2 is 1.83 bits per heavy atom. The summed E-state index contributed by atoms with van der Waals surface area (Å²) in [6.07, 6.45) is 6.35. The van der Waals surface area contributed by atoms with Crippen molar-refractivity contribution >= 4 is 21.6 Å². The lowest BCUT2D eigenvalue weighted by Gasteiger charge is -2.23. The van der Waals surface area contributed by atoms with Gasteiger partial charge in [-0.3, -0.25) is 9.10 Å². The number of hydrogen-bond donors (Lipinski definition) is 1. The molecule has 29 heavy (non-hydrogen) atoms. The van der Waals surface area contributed by atoms with Crippen molar-refractivity contribution in [1.82, 2.24) is 5.32 Å². The zero-order chi connectivity index (χ0) is 21.9. The molecule has 0 aliphatic carbocycles. The number of ether oxygens (including phenoxy) is 2. The summed E-state index contributed by atoms with van der Waals surface area (Å²) >= 11 is 0. The first kappa shape index (κ1) is 25.1. The molecule has 7 nitrogen and oxygen atoms in total. The monoisotopic (exact) mass is 428 g/mol. The standard InChI is InChI=1S/C21H36N2O5S/c1-6-8-10-17(7-2)16-22-21(24)11-9-14-23(29(5,25)26)18-12-13-19(27-3)20(15-18)28-4/h12-13,15,17H,6-11,14,16H2,1-5H3,(H,22,24). The summed E-state index contributed by atoms with van der Waals surface area (Å²) in [7, 11) is -0.471. The molecule has 1 rings (SSSR count). The molecule has 0 radical (unpaired) electrons. The maximum Gasteiger partial charge on any atom is 0.232 e. The van der Waals surface area contributed by atoms with Crippen LogP contribution in [0.1, 0.15) is 52.4 Å². The van der Waals surface area contributed by atoms with Gasteiger partial charge in [-0.25, -0.2) is 8.42 Å². The van der Waals surface area contributed by atoms with E-state index in [9.17, 15) is 13.2 Å². The zero-order valence-corrected chi connectivity index (χ0v) is 19.2. The third kappa shape index (κ3) is 8.51. The van der Waals surface area contributed by atoms with Crippen LogP contribution < -0.4 is 19.1 Å². The molecule has 0 bridgehead atoms. The summed E-state index contributed by atoms with van der Waals surface area (Å²) in [6, 6.07) is 4.96. The fourth-order valence-electron chi connectivity index (χ4n) is 3.14. The Morgan fingerprint density at radius 3 is 2.38 bits per heavy atom. The van der Waals surface area contributed by atoms with E-state index in [1.165, 1.54) is 24.9 Å². The van der Waals surface area contributed by atoms with Gasteiger partial charge in [0.2, 0.25) is 15.9 Å². The molecule has 8 heteroatoms. The molecule has 0 heterocycles. The summed E-state index contributed by atoms with van der Waals surface area (Å²) < 4.78 is 36.3. The van der Waals surface area contributed by atoms with E-state index in [1.807, 2.05) is 0 Å². The lowest BCUT2D eigenvalue weighted by atomic mass is 9.99. The van der Waals surface area contributed by atoms with Crippen molar-refractivity contribution in [2.75, 3.05) is 37.9 Å². The number of benzene rings is 1. The van der Waals surface area contributed by atoms with Crippen LogP contribution in [0.4, 0.5) is 5.69 Å². The summed E-state index contributed by atoms with van der Waals surface area (Å²) in [5.41, 5.74) is 0.483. The molecule has 0 saturated carbocycles. The molecular formula is C21H36N2O5S. The first-order chi connectivity index (χ1) is 13.8. The second kappa shape index (κ2) is 12.6. The van der Waals surface area contributed by atoms with E-state index in [-0.39, 0.29) is 18.9 Å². The Labute approximate surface area is 175 Å². The van der Waals surface area contributed by atoms with Gasteiger partial charge in [0.1, 0.15) is 0 Å². The van der Waals surface area contributed by atoms with Crippen LogP contribution in [0.2, 0.25) is 0 Å². The first-order valence-corrected chi connectivity index (χ1v) is 12.1. The van der Waals surface area contributed by atoms with Crippen LogP contribution in [-0.4, -0.2) is 47.9 Å². The van der Waals surface area contributed by atoms with Gasteiger partial charge < -0.3 is 14.8 Å². The predicted octanol–water partition coefficient (Wildman–Crippen LogP) is 3.58. The molecule has 1 unspecified atom stereocenters. The van der Waals surface area contributed by atoms with E-state index >= 15 is 0 Å². The third-order valence-electron chi connectivity index (χ3n) is 4.95. The highest BCUT2D eigenvalue weighted by Gasteiger charge is 2.19. The van der Waals surface area contributed by atoms with E-state index in [0.717, 1.165) is 25.5 Å². The van der Waals surface area contributed by atoms with Crippen molar-refractivity contribution in [2.45, 2.75) is 52.4 Å². The van der Waals surface area contributed by atoms with Gasteiger partial charge in [0, 0.05) is 25.6 Å². The lowest BCUT2D eigenvalue weighted by Crippen LogP contribution is -2.33. The maximum absolute atomic E-state index is 12.3. The minimum atomic E-state index is -3.50. The van der Waals surface area contributed by atoms with E-state index in [4.69, 9.17) is 9.47 Å². The molecule has 0 aliphatic heterocycles. The summed E-state index contributed by atoms with van der Waals surface area (Å²) in [5.74, 6) is 1.44. The number of nitrogens with one attached hydrogen (secondary N) is 1. The van der Waals surface area contributed by atoms with E-state index in [0.29, 0.717) is 36.1 Å². The predicted molar refractivity (Wildman–Crippen MR) is 117 cm³/mol. The molecule has 0 aliphatic rings. The molecule has 1 N–H and O–H groups in total. The number of hydrogen-bond acceptors (Lipinski definition) is 5. The summed E-state index contributed by atoms with van der Waals surface area (Å²) in [5, 5.41) is 2.98. The smallest absolute Gasteiger partial charge is 0.232 e. The number of amides is 1. The summed E-state index contributed by atoms with van der Waals surface area (Å²) in [4.78, 5) is 12.2. The van der Waals surface area contributed by atoms with E-state index in [2.05, 4.69) is 19.2 Å². The van der Waals surface area contributed by atoms with Crippen LogP contribution >= 0.6 is 0 Å². The van der Waals surface area contributed by atoms with E-state index in [1.54, 1.807) is 18.2 Å². The largest absolute Gasteiger partial charge is 0.493 e. The van der Waals surface area contributed by atoms with Gasteiger partial charge in [-0.05, 0) is 30.9 Å². The van der Waals surface area contributed by atoms with Crippen molar-refractivity contribution in [3.63, 3.8) is 0 Å². The van der Waals surface area contributed by atoms with Gasteiger partial charge in [-0.15, -0.1) is 0 Å². The van der Waals surface area contributed by atoms with Gasteiger partial charge in [0.25, 0.3) is 0 Å². The number of carbonyl (C=O) groups excluding carboxylic acids is 1. The minimum absolute atomic E-state index is 0.0410. The van der Waals surface area contributed by atoms with Crippen molar-refractivity contribution in [2.24, 2.45) is 5.92 Å². The van der Waals surface area contributed by atoms with Gasteiger partial charge in [-0.2, -0.15) is 0 Å². The topological polar surface area (TPSA) is 84.9 Å². The Morgan fingerprint density at radius 1 is 1.14 bits per heavy atom. The highest BCUT2D eigenvalue weighted by atomic mass is 32.2. The van der Waals surface area contributed by atoms with Gasteiger partial charge in [0.05, 0.1) is 26.2 Å². The fraction of sp³-hybridized carbons (Fsp3) is 0.667. The van der Waals surface area contributed by atoms with Crippen LogP contribution in [-0.2, 0) is 14.8 Å². The Bertz CT molecular complexity index is 737. The SMILES string of the molecule is CCCCC(CC)CNC(=O)CCCN(c1ccc(OC)c(OC)c1)S(C)(=O)=O. The van der Waals surface area contributed by atoms with Gasteiger partial charge in [-0.1, -0.05) is 33.1 Å². The third-order valence-corrected chi connectivity index (χ3v) is 6.15. The quantitative estimate of drug-likeness (QED) is 0.489. The van der Waals surface area contributed by atoms with Crippen LogP contribution in [0.5, 0.6) is 11.5 Å². The molecule has 166 valence electrons. The van der Waals surface area contributed by atoms with Gasteiger partial charge >= 0.3 is 0 Å². The number of rotatable bonds is 14. The molecule has 0 fully saturated rings. The Hall–Kier alpha value is -1.96. The minimum Gasteiger partial charge on any atom is -0.493 e. The van der Waals surface area contributed by atoms with Crippen LogP contribution in [0.3, 0.4) is 0 Å². The number of carbonyl (C=O) groups is 1. The fourth-order valence-corrected chi connectivity index (χ4v) is 4.10. The van der Waals surface area contributed by atoms with Crippen molar-refractivity contribution in [3.05, 3.63) is 18.2 Å². The highest BCUT2D eigenvalue weighted by Crippen LogP contribution is 2.32. The second-order valence-electron chi connectivity index (χ2n) is 7.20. The highest BCUT2D eigenvalue weighted by molar-refractivity contribution is 7.92. The molecule has 0 aromatic heterocycles. The zero-order valence-electron chi connectivity index (χ0n) is 18.4. The van der Waals surface area contributed by atoms with Crippen LogP contribution in [0.25, 0.3) is 0 Å². The number of methoxy groups -OCH3 is 2. The van der Waals surface area contributed by atoms with E-state index < -0.39 is 10.0 Å².